The number of ether oxygens (including phenoxy) is 1. The molecule has 0 N–H and O–H groups in total. The van der Waals surface area contributed by atoms with E-state index in [0.29, 0.717) is 12.5 Å². The van der Waals surface area contributed by atoms with Crippen molar-refractivity contribution in [2.75, 3.05) is 45.9 Å². The highest BCUT2D eigenvalue weighted by Gasteiger charge is 2.20. The monoisotopic (exact) mass is 464 g/mol. The summed E-state index contributed by atoms with van der Waals surface area (Å²) in [7, 11) is 0. The Morgan fingerprint density at radius 1 is 0.735 bits per heavy atom. The number of halogens is 2. The van der Waals surface area contributed by atoms with Gasteiger partial charge in [-0.3, -0.25) is 4.90 Å². The van der Waals surface area contributed by atoms with Gasteiger partial charge in [0.25, 0.3) is 0 Å². The number of benzene rings is 3. The predicted octanol–water partition coefficient (Wildman–Crippen LogP) is 5.57. The molecule has 0 aromatic heterocycles. The Morgan fingerprint density at radius 3 is 1.82 bits per heavy atom. The van der Waals surface area contributed by atoms with Gasteiger partial charge in [0, 0.05) is 39.3 Å². The molecule has 1 fully saturated rings. The number of nitrogens with zero attached hydrogens (tertiary/aromatic N) is 2. The summed E-state index contributed by atoms with van der Waals surface area (Å²) in [5, 5.41) is 0. The van der Waals surface area contributed by atoms with E-state index in [-0.39, 0.29) is 17.7 Å². The first kappa shape index (κ1) is 24.5. The summed E-state index contributed by atoms with van der Waals surface area (Å²) in [5.41, 5.74) is 3.14. The first-order valence-electron chi connectivity index (χ1n) is 12.2. The van der Waals surface area contributed by atoms with Crippen molar-refractivity contribution in [1.29, 1.82) is 0 Å². The third kappa shape index (κ3) is 7.20. The molecule has 0 radical (unpaired) electrons. The van der Waals surface area contributed by atoms with E-state index >= 15 is 0 Å². The van der Waals surface area contributed by atoms with Gasteiger partial charge in [-0.15, -0.1) is 0 Å². The smallest absolute Gasteiger partial charge is 0.123 e. The summed E-state index contributed by atoms with van der Waals surface area (Å²) in [6, 6.07) is 23.4. The van der Waals surface area contributed by atoms with Crippen LogP contribution < -0.4 is 0 Å². The Kier molecular flexibility index (Phi) is 8.80. The second kappa shape index (κ2) is 12.2. The highest BCUT2D eigenvalue weighted by molar-refractivity contribution is 5.30. The topological polar surface area (TPSA) is 15.7 Å². The zero-order valence-corrected chi connectivity index (χ0v) is 19.9. The van der Waals surface area contributed by atoms with Gasteiger partial charge in [0.2, 0.25) is 0 Å². The number of hydrogen-bond acceptors (Lipinski definition) is 3. The molecule has 1 heterocycles. The molecule has 1 aliphatic heterocycles. The van der Waals surface area contributed by atoms with Crippen molar-refractivity contribution < 1.29 is 13.5 Å². The van der Waals surface area contributed by atoms with Crippen molar-refractivity contribution in [3.8, 4) is 0 Å². The molecule has 1 aliphatic rings. The molecule has 0 bridgehead atoms. The minimum absolute atomic E-state index is 0.280. The Morgan fingerprint density at radius 2 is 1.26 bits per heavy atom. The first-order valence-corrected chi connectivity index (χ1v) is 12.2. The fourth-order valence-electron chi connectivity index (χ4n) is 4.68. The van der Waals surface area contributed by atoms with Crippen LogP contribution in [0, 0.1) is 17.6 Å². The third-order valence-corrected chi connectivity index (χ3v) is 6.50. The third-order valence-electron chi connectivity index (χ3n) is 6.50. The van der Waals surface area contributed by atoms with Crippen molar-refractivity contribution in [3.05, 3.63) is 107 Å². The van der Waals surface area contributed by atoms with Gasteiger partial charge >= 0.3 is 0 Å². The van der Waals surface area contributed by atoms with Gasteiger partial charge in [0.15, 0.2) is 0 Å². The minimum Gasteiger partial charge on any atom is -0.367 e. The Bertz CT molecular complexity index is 941. The van der Waals surface area contributed by atoms with Gasteiger partial charge in [-0.25, -0.2) is 8.78 Å². The minimum atomic E-state index is -0.346. The van der Waals surface area contributed by atoms with Crippen LogP contribution in [0.5, 0.6) is 0 Å². The summed E-state index contributed by atoms with van der Waals surface area (Å²) in [4.78, 5) is 5.00. The molecule has 180 valence electrons. The number of rotatable bonds is 10. The second-order valence-corrected chi connectivity index (χ2v) is 9.29. The van der Waals surface area contributed by atoms with Crippen LogP contribution in [-0.4, -0.2) is 55.7 Å². The van der Waals surface area contributed by atoms with Gasteiger partial charge in [0.1, 0.15) is 17.7 Å². The van der Waals surface area contributed by atoms with Crippen molar-refractivity contribution in [3.63, 3.8) is 0 Å². The molecular formula is C29H34F2N2O. The van der Waals surface area contributed by atoms with Crippen molar-refractivity contribution >= 4 is 0 Å². The highest BCUT2D eigenvalue weighted by Crippen LogP contribution is 2.26. The maximum absolute atomic E-state index is 13.4. The standard InChI is InChI=1S/C29H34F2N2O/c1-23(21-24-5-3-2-4-6-24)22-33-17-15-32(16-18-33)19-20-34-29(25-7-11-27(30)12-8-25)26-9-13-28(31)14-10-26/h2-14,23,29H,15-22H2,1H3. The lowest BCUT2D eigenvalue weighted by Crippen LogP contribution is -2.48. The molecule has 1 unspecified atom stereocenters. The zero-order chi connectivity index (χ0) is 23.8. The Hall–Kier alpha value is -2.60. The maximum atomic E-state index is 13.4. The van der Waals surface area contributed by atoms with Crippen molar-refractivity contribution in [2.24, 2.45) is 5.92 Å². The lowest BCUT2D eigenvalue weighted by Gasteiger charge is -2.36. The summed E-state index contributed by atoms with van der Waals surface area (Å²) < 4.78 is 33.1. The van der Waals surface area contributed by atoms with E-state index in [1.54, 1.807) is 24.3 Å². The molecule has 0 spiro atoms. The van der Waals surface area contributed by atoms with Gasteiger partial charge in [-0.2, -0.15) is 0 Å². The van der Waals surface area contributed by atoms with Crippen molar-refractivity contribution in [1.82, 2.24) is 9.80 Å². The van der Waals surface area contributed by atoms with Crippen LogP contribution in [0.15, 0.2) is 78.9 Å². The Balaban J connectivity index is 1.24. The fraction of sp³-hybridized carbons (Fsp3) is 0.379. The van der Waals surface area contributed by atoms with Crippen LogP contribution in [0.2, 0.25) is 0 Å². The lowest BCUT2D eigenvalue weighted by atomic mass is 10.0. The van der Waals surface area contributed by atoms with Gasteiger partial charge < -0.3 is 9.64 Å². The van der Waals surface area contributed by atoms with E-state index < -0.39 is 0 Å². The van der Waals surface area contributed by atoms with E-state index in [4.69, 9.17) is 4.74 Å². The van der Waals surface area contributed by atoms with E-state index in [2.05, 4.69) is 47.1 Å². The largest absolute Gasteiger partial charge is 0.367 e. The summed E-state index contributed by atoms with van der Waals surface area (Å²) in [6.45, 7) is 9.04. The van der Waals surface area contributed by atoms with Crippen LogP contribution in [0.1, 0.15) is 29.7 Å². The van der Waals surface area contributed by atoms with Crippen LogP contribution in [0.3, 0.4) is 0 Å². The second-order valence-electron chi connectivity index (χ2n) is 9.29. The predicted molar refractivity (Wildman–Crippen MR) is 133 cm³/mol. The molecule has 3 aromatic rings. The van der Waals surface area contributed by atoms with E-state index in [1.165, 1.54) is 29.8 Å². The molecular weight excluding hydrogens is 430 g/mol. The molecule has 5 heteroatoms. The molecule has 0 amide bonds. The van der Waals surface area contributed by atoms with Crippen LogP contribution in [0.25, 0.3) is 0 Å². The molecule has 0 aliphatic carbocycles. The maximum Gasteiger partial charge on any atom is 0.123 e. The van der Waals surface area contributed by atoms with E-state index in [9.17, 15) is 8.78 Å². The van der Waals surface area contributed by atoms with Gasteiger partial charge in [-0.05, 0) is 53.3 Å². The Labute approximate surface area is 202 Å². The number of piperazine rings is 1. The number of hydrogen-bond donors (Lipinski definition) is 0. The average molecular weight is 465 g/mol. The van der Waals surface area contributed by atoms with Gasteiger partial charge in [0.05, 0.1) is 6.61 Å². The van der Waals surface area contributed by atoms with Gasteiger partial charge in [-0.1, -0.05) is 61.5 Å². The summed E-state index contributed by atoms with van der Waals surface area (Å²) in [5.74, 6) is 0.0691. The molecule has 1 atom stereocenters. The SMILES string of the molecule is CC(Cc1ccccc1)CN1CCN(CCOC(c2ccc(F)cc2)c2ccc(F)cc2)CC1. The van der Waals surface area contributed by atoms with Crippen LogP contribution >= 0.6 is 0 Å². The van der Waals surface area contributed by atoms with Crippen molar-refractivity contribution in [2.45, 2.75) is 19.4 Å². The fourth-order valence-corrected chi connectivity index (χ4v) is 4.68. The summed E-state index contributed by atoms with van der Waals surface area (Å²) >= 11 is 0. The molecule has 4 rings (SSSR count). The summed E-state index contributed by atoms with van der Waals surface area (Å²) in [6.07, 6.45) is 0.768. The normalized spacial score (nSPS) is 16.1. The van der Waals surface area contributed by atoms with E-state index in [1.807, 2.05) is 0 Å². The van der Waals surface area contributed by atoms with Crippen LogP contribution in [-0.2, 0) is 11.2 Å². The average Bonchev–Trinajstić information content (AvgIpc) is 2.85. The molecule has 3 aromatic carbocycles. The molecule has 1 saturated heterocycles. The quantitative estimate of drug-likeness (QED) is 0.390. The van der Waals surface area contributed by atoms with E-state index in [0.717, 1.165) is 56.8 Å². The zero-order valence-electron chi connectivity index (χ0n) is 19.9. The molecule has 3 nitrogen and oxygen atoms in total. The molecule has 0 saturated carbocycles. The molecule has 34 heavy (non-hydrogen) atoms. The van der Waals surface area contributed by atoms with Crippen LogP contribution in [0.4, 0.5) is 8.78 Å². The lowest BCUT2D eigenvalue weighted by molar-refractivity contribution is 0.0433. The first-order chi connectivity index (χ1) is 16.6. The highest BCUT2D eigenvalue weighted by atomic mass is 19.1.